The Hall–Kier alpha value is -0.590. The van der Waals surface area contributed by atoms with Gasteiger partial charge in [0.1, 0.15) is 0 Å². The lowest BCUT2D eigenvalue weighted by Crippen LogP contribution is -2.52. The molecule has 0 bridgehead atoms. The molecule has 4 saturated carbocycles. The van der Waals surface area contributed by atoms with Gasteiger partial charge in [-0.15, -0.1) is 6.58 Å². The summed E-state index contributed by atoms with van der Waals surface area (Å²) in [6, 6.07) is 0. The molecule has 4 aliphatic carbocycles. The van der Waals surface area contributed by atoms with Gasteiger partial charge in [0, 0.05) is 0 Å². The molecule has 8 atom stereocenters. The summed E-state index contributed by atoms with van der Waals surface area (Å²) in [4.78, 5) is 0. The molecule has 0 spiro atoms. The molecule has 4 aliphatic rings. The zero-order chi connectivity index (χ0) is 27.2. The molecular formula is C34H65F. The third-order valence-electron chi connectivity index (χ3n) is 9.58. The van der Waals surface area contributed by atoms with Crippen LogP contribution in [-0.4, -0.2) is 6.67 Å². The predicted octanol–water partition coefficient (Wildman–Crippen LogP) is 11.9. The topological polar surface area (TPSA) is 0 Å². The number of rotatable bonds is 3. The highest BCUT2D eigenvalue weighted by molar-refractivity contribution is 5.12. The van der Waals surface area contributed by atoms with E-state index in [4.69, 9.17) is 0 Å². The van der Waals surface area contributed by atoms with Gasteiger partial charge in [-0.2, -0.15) is 0 Å². The Labute approximate surface area is 222 Å². The third-order valence-corrected chi connectivity index (χ3v) is 9.58. The van der Waals surface area contributed by atoms with Crippen molar-refractivity contribution in [3.05, 3.63) is 24.3 Å². The normalized spacial score (nSPS) is 36.4. The number of allylic oxidation sites excluding steroid dienone is 2. The van der Waals surface area contributed by atoms with E-state index in [1.54, 1.807) is 37.7 Å². The van der Waals surface area contributed by atoms with Crippen molar-refractivity contribution < 1.29 is 4.39 Å². The van der Waals surface area contributed by atoms with Crippen LogP contribution in [0.5, 0.6) is 0 Å². The van der Waals surface area contributed by atoms with Crippen molar-refractivity contribution in [1.29, 1.82) is 0 Å². The largest absolute Gasteiger partial charge is 0.251 e. The van der Waals surface area contributed by atoms with Crippen LogP contribution >= 0.6 is 0 Å². The molecule has 4 fully saturated rings. The molecule has 0 aromatic rings. The fourth-order valence-electron chi connectivity index (χ4n) is 8.40. The maximum atomic E-state index is 10.3. The van der Waals surface area contributed by atoms with E-state index in [1.165, 1.54) is 51.0 Å². The van der Waals surface area contributed by atoms with Crippen molar-refractivity contribution in [2.24, 2.45) is 46.8 Å². The second-order valence-corrected chi connectivity index (χ2v) is 11.6. The van der Waals surface area contributed by atoms with Gasteiger partial charge in [0.25, 0.3) is 0 Å². The summed E-state index contributed by atoms with van der Waals surface area (Å²) in [6.07, 6.45) is 16.5. The number of hydrogen-bond acceptors (Lipinski definition) is 0. The van der Waals surface area contributed by atoms with Gasteiger partial charge >= 0.3 is 0 Å². The molecule has 0 N–H and O–H groups in total. The van der Waals surface area contributed by atoms with Crippen molar-refractivity contribution in [3.8, 4) is 0 Å². The first-order valence-electron chi connectivity index (χ1n) is 15.6. The Balaban J connectivity index is 0.000000909. The summed E-state index contributed by atoms with van der Waals surface area (Å²) in [5, 5.41) is 0. The summed E-state index contributed by atoms with van der Waals surface area (Å²) < 4.78 is 10.3. The molecule has 8 unspecified atom stereocenters. The van der Waals surface area contributed by atoms with Crippen LogP contribution < -0.4 is 0 Å². The minimum atomic E-state index is -0.250. The predicted molar refractivity (Wildman–Crippen MR) is 159 cm³/mol. The molecule has 0 radical (unpaired) electrons. The molecule has 0 aromatic carbocycles. The molecular weight excluding hydrogens is 427 g/mol. The number of hydrogen-bond donors (Lipinski definition) is 0. The molecule has 0 amide bonds. The minimum Gasteiger partial charge on any atom is -0.251 e. The second kappa shape index (κ2) is 17.8. The standard InChI is InChI=1S/C24H40.C4H8.C2H5F.2C2H6/c1-5-17(4)19-9-10-21-20(19)11-12-23-22(21)8-7-18-15-16(3)13-14-24(18,23)6-2;1-4(2)3;1-2-3;2*1-2/h16,18-23H,4-15H2,1-3H3;1H2,2-3H3;2H2,1H3;2*1-2H3. The zero-order valence-corrected chi connectivity index (χ0v) is 25.8. The molecule has 0 aliphatic heterocycles. The first-order valence-corrected chi connectivity index (χ1v) is 15.6. The Bertz CT molecular complexity index is 573. The maximum Gasteiger partial charge on any atom is 0.0866 e. The smallest absolute Gasteiger partial charge is 0.0866 e. The first-order chi connectivity index (χ1) is 16.7. The van der Waals surface area contributed by atoms with Gasteiger partial charge in [-0.05, 0) is 132 Å². The molecule has 35 heavy (non-hydrogen) atoms. The van der Waals surface area contributed by atoms with E-state index in [2.05, 4.69) is 33.9 Å². The number of fused-ring (bicyclic) bond motifs is 5. The summed E-state index contributed by atoms with van der Waals surface area (Å²) in [5.74, 6) is 7.14. The van der Waals surface area contributed by atoms with E-state index in [-0.39, 0.29) is 6.67 Å². The molecule has 4 rings (SSSR count). The van der Waals surface area contributed by atoms with Gasteiger partial charge in [-0.1, -0.05) is 72.6 Å². The maximum absolute atomic E-state index is 10.3. The third kappa shape index (κ3) is 8.74. The van der Waals surface area contributed by atoms with Gasteiger partial charge in [0.05, 0.1) is 6.67 Å². The highest BCUT2D eigenvalue weighted by Crippen LogP contribution is 2.66. The van der Waals surface area contributed by atoms with E-state index in [1.807, 2.05) is 41.5 Å². The molecule has 0 heterocycles. The number of halogens is 1. The van der Waals surface area contributed by atoms with Gasteiger partial charge < -0.3 is 0 Å². The number of alkyl halides is 1. The Morgan fingerprint density at radius 1 is 0.800 bits per heavy atom. The lowest BCUT2D eigenvalue weighted by molar-refractivity contribution is -0.107. The summed E-state index contributed by atoms with van der Waals surface area (Å²) >= 11 is 0. The van der Waals surface area contributed by atoms with E-state index >= 15 is 0 Å². The van der Waals surface area contributed by atoms with Crippen LogP contribution in [-0.2, 0) is 0 Å². The van der Waals surface area contributed by atoms with Gasteiger partial charge in [-0.3, -0.25) is 4.39 Å². The average Bonchev–Trinajstić information content (AvgIpc) is 3.30. The van der Waals surface area contributed by atoms with Crippen LogP contribution in [0.2, 0.25) is 0 Å². The van der Waals surface area contributed by atoms with Crippen LogP contribution in [0.1, 0.15) is 140 Å². The molecule has 1 heteroatoms. The quantitative estimate of drug-likeness (QED) is 0.343. The SMILES string of the molecule is C=C(C)C.C=C(CC)C1CCC2C1CCC1C2CCC2CC(C)CCC21CC.CC.CC.CCF. The Kier molecular flexibility index (Phi) is 17.5. The lowest BCUT2D eigenvalue weighted by Gasteiger charge is -2.60. The summed E-state index contributed by atoms with van der Waals surface area (Å²) in [5.41, 5.74) is 3.48. The fourth-order valence-corrected chi connectivity index (χ4v) is 8.40. The van der Waals surface area contributed by atoms with Crippen LogP contribution in [0.25, 0.3) is 0 Å². The summed E-state index contributed by atoms with van der Waals surface area (Å²) in [6.45, 7) is 28.5. The van der Waals surface area contributed by atoms with Crippen molar-refractivity contribution in [2.75, 3.05) is 6.67 Å². The molecule has 208 valence electrons. The fraction of sp³-hybridized carbons (Fsp3) is 0.882. The van der Waals surface area contributed by atoms with E-state index in [0.717, 1.165) is 46.8 Å². The van der Waals surface area contributed by atoms with Crippen molar-refractivity contribution in [1.82, 2.24) is 0 Å². The Morgan fingerprint density at radius 3 is 1.83 bits per heavy atom. The monoisotopic (exact) mass is 493 g/mol. The van der Waals surface area contributed by atoms with Crippen LogP contribution in [0.3, 0.4) is 0 Å². The van der Waals surface area contributed by atoms with Gasteiger partial charge in [-0.25, -0.2) is 0 Å². The van der Waals surface area contributed by atoms with Crippen molar-refractivity contribution in [3.63, 3.8) is 0 Å². The molecule has 0 nitrogen and oxygen atoms in total. The van der Waals surface area contributed by atoms with Crippen LogP contribution in [0.15, 0.2) is 24.3 Å². The average molecular weight is 493 g/mol. The molecule has 0 aromatic heterocycles. The highest BCUT2D eigenvalue weighted by atomic mass is 19.1. The van der Waals surface area contributed by atoms with E-state index < -0.39 is 0 Å². The summed E-state index contributed by atoms with van der Waals surface area (Å²) in [7, 11) is 0. The lowest BCUT2D eigenvalue weighted by atomic mass is 9.45. The van der Waals surface area contributed by atoms with E-state index in [9.17, 15) is 4.39 Å². The first kappa shape index (κ1) is 34.4. The zero-order valence-electron chi connectivity index (χ0n) is 25.8. The van der Waals surface area contributed by atoms with E-state index in [0.29, 0.717) is 0 Å². The van der Waals surface area contributed by atoms with Gasteiger partial charge in [0.15, 0.2) is 0 Å². The van der Waals surface area contributed by atoms with Crippen LogP contribution in [0.4, 0.5) is 4.39 Å². The minimum absolute atomic E-state index is 0.250. The highest BCUT2D eigenvalue weighted by Gasteiger charge is 2.57. The second-order valence-electron chi connectivity index (χ2n) is 11.6. The van der Waals surface area contributed by atoms with Gasteiger partial charge in [0.2, 0.25) is 0 Å². The van der Waals surface area contributed by atoms with Crippen LogP contribution in [0, 0.1) is 46.8 Å². The van der Waals surface area contributed by atoms with Crippen molar-refractivity contribution in [2.45, 2.75) is 140 Å². The molecule has 0 saturated heterocycles. The van der Waals surface area contributed by atoms with Crippen molar-refractivity contribution >= 4 is 0 Å². The Morgan fingerprint density at radius 2 is 1.31 bits per heavy atom.